The van der Waals surface area contributed by atoms with Gasteiger partial charge in [0.05, 0.1) is 11.7 Å². The lowest BCUT2D eigenvalue weighted by Crippen LogP contribution is -2.31. The van der Waals surface area contributed by atoms with Crippen molar-refractivity contribution in [3.63, 3.8) is 0 Å². The molecule has 0 unspecified atom stereocenters. The van der Waals surface area contributed by atoms with Crippen molar-refractivity contribution >= 4 is 17.6 Å². The van der Waals surface area contributed by atoms with Gasteiger partial charge in [-0.2, -0.15) is 0 Å². The predicted molar refractivity (Wildman–Crippen MR) is 93.9 cm³/mol. The number of benzene rings is 1. The molecule has 0 fully saturated rings. The van der Waals surface area contributed by atoms with Gasteiger partial charge in [-0.15, -0.1) is 0 Å². The van der Waals surface area contributed by atoms with Crippen LogP contribution < -0.4 is 16.0 Å². The summed E-state index contributed by atoms with van der Waals surface area (Å²) < 4.78 is 0. The van der Waals surface area contributed by atoms with Crippen molar-refractivity contribution in [2.24, 2.45) is 0 Å². The molecule has 0 bridgehead atoms. The van der Waals surface area contributed by atoms with Crippen LogP contribution in [0.2, 0.25) is 0 Å². The molecular formula is C18H22N4O2. The first-order valence-electron chi connectivity index (χ1n) is 7.97. The van der Waals surface area contributed by atoms with E-state index in [1.807, 2.05) is 32.0 Å². The molecule has 0 saturated carbocycles. The zero-order valence-electron chi connectivity index (χ0n) is 13.9. The summed E-state index contributed by atoms with van der Waals surface area (Å²) in [6.45, 7) is 4.51. The molecule has 2 rings (SSSR count). The lowest BCUT2D eigenvalue weighted by atomic mass is 10.2. The van der Waals surface area contributed by atoms with E-state index in [0.717, 1.165) is 12.1 Å². The zero-order valence-corrected chi connectivity index (χ0v) is 13.9. The first-order valence-corrected chi connectivity index (χ1v) is 7.97. The number of aromatic nitrogens is 1. The Morgan fingerprint density at radius 1 is 1.12 bits per heavy atom. The van der Waals surface area contributed by atoms with E-state index in [1.165, 1.54) is 0 Å². The van der Waals surface area contributed by atoms with Gasteiger partial charge in [-0.1, -0.05) is 13.0 Å². The largest absolute Gasteiger partial charge is 0.352 e. The highest BCUT2D eigenvalue weighted by Gasteiger charge is 2.10. The molecule has 24 heavy (non-hydrogen) atoms. The molecule has 3 N–H and O–H groups in total. The molecule has 0 saturated heterocycles. The third-order valence-corrected chi connectivity index (χ3v) is 3.42. The summed E-state index contributed by atoms with van der Waals surface area (Å²) in [6, 6.07) is 11.8. The number of urea groups is 1. The molecular weight excluding hydrogens is 304 g/mol. The summed E-state index contributed by atoms with van der Waals surface area (Å²) >= 11 is 0. The quantitative estimate of drug-likeness (QED) is 0.763. The van der Waals surface area contributed by atoms with Gasteiger partial charge in [0.2, 0.25) is 0 Å². The van der Waals surface area contributed by atoms with E-state index in [-0.39, 0.29) is 18.0 Å². The smallest absolute Gasteiger partial charge is 0.319 e. The highest BCUT2D eigenvalue weighted by Crippen LogP contribution is 2.11. The minimum Gasteiger partial charge on any atom is -0.352 e. The Morgan fingerprint density at radius 3 is 2.50 bits per heavy atom. The number of carbonyl (C=O) groups is 2. The highest BCUT2D eigenvalue weighted by atomic mass is 16.2. The van der Waals surface area contributed by atoms with Crippen molar-refractivity contribution in [2.75, 3.05) is 11.9 Å². The number of pyridine rings is 1. The van der Waals surface area contributed by atoms with Gasteiger partial charge in [-0.3, -0.25) is 9.78 Å². The summed E-state index contributed by atoms with van der Waals surface area (Å²) in [5.74, 6) is -0.114. The van der Waals surface area contributed by atoms with Gasteiger partial charge in [0.1, 0.15) is 0 Å². The second kappa shape index (κ2) is 8.67. The fraction of sp³-hybridized carbons (Fsp3) is 0.278. The van der Waals surface area contributed by atoms with E-state index in [4.69, 9.17) is 0 Å². The maximum absolute atomic E-state index is 12.0. The molecule has 0 aliphatic heterocycles. The van der Waals surface area contributed by atoms with Gasteiger partial charge in [0.25, 0.3) is 5.91 Å². The summed E-state index contributed by atoms with van der Waals surface area (Å²) in [4.78, 5) is 28.1. The molecule has 1 aromatic carbocycles. The average Bonchev–Trinajstić information content (AvgIpc) is 2.61. The maximum Gasteiger partial charge on any atom is 0.319 e. The average molecular weight is 326 g/mol. The molecule has 1 atom stereocenters. The fourth-order valence-electron chi connectivity index (χ4n) is 2.12. The number of hydrogen-bond acceptors (Lipinski definition) is 3. The lowest BCUT2D eigenvalue weighted by molar-refractivity contribution is 0.0953. The van der Waals surface area contributed by atoms with Gasteiger partial charge in [-0.05, 0) is 49.7 Å². The molecule has 1 aromatic heterocycles. The summed E-state index contributed by atoms with van der Waals surface area (Å²) in [5, 5.41) is 8.37. The number of carbonyl (C=O) groups excluding carboxylic acids is 2. The standard InChI is InChI=1S/C18H22N4O2/c1-3-11-20-17(23)14-7-9-15(10-8-14)22-18(24)21-13(2)16-6-4-5-12-19-16/h4-10,12-13H,3,11H2,1-2H3,(H,20,23)(H2,21,22,24)/t13-/m0/s1. The first-order chi connectivity index (χ1) is 11.6. The Bertz CT molecular complexity index is 671. The molecule has 3 amide bonds. The van der Waals surface area contributed by atoms with Crippen molar-refractivity contribution in [1.29, 1.82) is 0 Å². The molecule has 126 valence electrons. The number of amides is 3. The number of anilines is 1. The third kappa shape index (κ3) is 5.08. The van der Waals surface area contributed by atoms with Gasteiger partial charge >= 0.3 is 6.03 Å². The fourth-order valence-corrected chi connectivity index (χ4v) is 2.12. The SMILES string of the molecule is CCCNC(=O)c1ccc(NC(=O)N[C@@H](C)c2ccccn2)cc1. The van der Waals surface area contributed by atoms with E-state index in [9.17, 15) is 9.59 Å². The second-order valence-corrected chi connectivity index (χ2v) is 5.41. The molecule has 0 radical (unpaired) electrons. The van der Waals surface area contributed by atoms with E-state index in [2.05, 4.69) is 20.9 Å². The number of nitrogens with one attached hydrogen (secondary N) is 3. The summed E-state index contributed by atoms with van der Waals surface area (Å²) in [5.41, 5.74) is 1.97. The molecule has 2 aromatic rings. The molecule has 6 heteroatoms. The Labute approximate surface area is 141 Å². The van der Waals surface area contributed by atoms with Crippen molar-refractivity contribution in [3.05, 3.63) is 59.9 Å². The minimum absolute atomic E-state index is 0.114. The van der Waals surface area contributed by atoms with Crippen LogP contribution in [0.25, 0.3) is 0 Å². The van der Waals surface area contributed by atoms with Crippen molar-refractivity contribution < 1.29 is 9.59 Å². The third-order valence-electron chi connectivity index (χ3n) is 3.42. The van der Waals surface area contributed by atoms with Gasteiger partial charge in [0.15, 0.2) is 0 Å². The number of rotatable bonds is 6. The van der Waals surface area contributed by atoms with Crippen molar-refractivity contribution in [3.8, 4) is 0 Å². The topological polar surface area (TPSA) is 83.1 Å². The van der Waals surface area contributed by atoms with Crippen LogP contribution >= 0.6 is 0 Å². The van der Waals surface area contributed by atoms with Crippen LogP contribution in [0.5, 0.6) is 0 Å². The molecule has 0 spiro atoms. The predicted octanol–water partition coefficient (Wildman–Crippen LogP) is 3.10. The summed E-state index contributed by atoms with van der Waals surface area (Å²) in [7, 11) is 0. The van der Waals surface area contributed by atoms with E-state index in [0.29, 0.717) is 17.8 Å². The van der Waals surface area contributed by atoms with E-state index >= 15 is 0 Å². The first kappa shape index (κ1) is 17.5. The van der Waals surface area contributed by atoms with Crippen LogP contribution in [-0.4, -0.2) is 23.5 Å². The lowest BCUT2D eigenvalue weighted by Gasteiger charge is -2.14. The van der Waals surface area contributed by atoms with Crippen LogP contribution in [0.4, 0.5) is 10.5 Å². The van der Waals surface area contributed by atoms with E-state index < -0.39 is 0 Å². The Balaban J connectivity index is 1.89. The highest BCUT2D eigenvalue weighted by molar-refractivity contribution is 5.95. The molecule has 6 nitrogen and oxygen atoms in total. The van der Waals surface area contributed by atoms with Crippen LogP contribution in [0.3, 0.4) is 0 Å². The number of nitrogens with zero attached hydrogens (tertiary/aromatic N) is 1. The Kier molecular flexibility index (Phi) is 6.31. The maximum atomic E-state index is 12.0. The molecule has 0 aliphatic carbocycles. The van der Waals surface area contributed by atoms with Crippen molar-refractivity contribution in [1.82, 2.24) is 15.6 Å². The van der Waals surface area contributed by atoms with Crippen LogP contribution in [-0.2, 0) is 0 Å². The second-order valence-electron chi connectivity index (χ2n) is 5.41. The van der Waals surface area contributed by atoms with Gasteiger partial charge in [-0.25, -0.2) is 4.79 Å². The Hall–Kier alpha value is -2.89. The number of hydrogen-bond donors (Lipinski definition) is 3. The Morgan fingerprint density at radius 2 is 1.88 bits per heavy atom. The van der Waals surface area contributed by atoms with Crippen LogP contribution in [0.1, 0.15) is 42.4 Å². The van der Waals surface area contributed by atoms with Gasteiger partial charge < -0.3 is 16.0 Å². The zero-order chi connectivity index (χ0) is 17.4. The van der Waals surface area contributed by atoms with E-state index in [1.54, 1.807) is 30.5 Å². The molecule has 0 aliphatic rings. The van der Waals surface area contributed by atoms with Crippen LogP contribution in [0.15, 0.2) is 48.7 Å². The minimum atomic E-state index is -0.323. The normalized spacial score (nSPS) is 11.4. The van der Waals surface area contributed by atoms with Crippen LogP contribution in [0, 0.1) is 0 Å². The van der Waals surface area contributed by atoms with Crippen molar-refractivity contribution in [2.45, 2.75) is 26.3 Å². The molecule has 1 heterocycles. The van der Waals surface area contributed by atoms with Gasteiger partial charge in [0, 0.05) is 24.0 Å². The monoisotopic (exact) mass is 326 g/mol. The summed E-state index contributed by atoms with van der Waals surface area (Å²) in [6.07, 6.45) is 2.58.